The van der Waals surface area contributed by atoms with E-state index in [1.807, 2.05) is 24.3 Å². The van der Waals surface area contributed by atoms with Crippen LogP contribution in [0, 0.1) is 0 Å². The van der Waals surface area contributed by atoms with E-state index in [2.05, 4.69) is 20.5 Å². The van der Waals surface area contributed by atoms with Crippen molar-refractivity contribution in [2.24, 2.45) is 0 Å². The van der Waals surface area contributed by atoms with Crippen LogP contribution in [-0.2, 0) is 32.6 Å². The van der Waals surface area contributed by atoms with Crippen molar-refractivity contribution in [2.75, 3.05) is 18.4 Å². The molecule has 1 atom stereocenters. The Morgan fingerprint density at radius 2 is 1.93 bits per heavy atom. The Bertz CT molecular complexity index is 1690. The van der Waals surface area contributed by atoms with E-state index in [0.717, 1.165) is 25.0 Å². The molecular formula is C30H34F3N5O5S. The van der Waals surface area contributed by atoms with Crippen LogP contribution in [0.3, 0.4) is 0 Å². The maximum atomic E-state index is 14.4. The summed E-state index contributed by atoms with van der Waals surface area (Å²) in [5, 5.41) is 10.9. The number of anilines is 1. The quantitative estimate of drug-likeness (QED) is 0.300. The lowest BCUT2D eigenvalue weighted by Gasteiger charge is -2.19. The van der Waals surface area contributed by atoms with Crippen molar-refractivity contribution in [2.45, 2.75) is 51.7 Å². The van der Waals surface area contributed by atoms with Crippen LogP contribution in [0.4, 0.5) is 19.0 Å². The third-order valence-electron chi connectivity index (χ3n) is 6.38. The topological polar surface area (TPSA) is 124 Å². The Morgan fingerprint density at radius 1 is 1.20 bits per heavy atom. The van der Waals surface area contributed by atoms with Crippen molar-refractivity contribution in [3.63, 3.8) is 0 Å². The smallest absolute Gasteiger partial charge is 0.265 e. The van der Waals surface area contributed by atoms with E-state index in [-0.39, 0.29) is 24.8 Å². The van der Waals surface area contributed by atoms with Gasteiger partial charge in [0, 0.05) is 19.2 Å². The first kappa shape index (κ1) is 32.5. The number of nitrogens with one attached hydrogen (secondary N) is 3. The van der Waals surface area contributed by atoms with Gasteiger partial charge < -0.3 is 20.1 Å². The summed E-state index contributed by atoms with van der Waals surface area (Å²) >= 11 is 0. The van der Waals surface area contributed by atoms with Crippen molar-refractivity contribution in [3.8, 4) is 5.75 Å². The average Bonchev–Trinajstić information content (AvgIpc) is 3.32. The molecule has 0 unspecified atom stereocenters. The molecule has 0 saturated carbocycles. The lowest BCUT2D eigenvalue weighted by molar-refractivity contribution is -0.124. The number of carbonyl (C=O) groups excluding carboxylic acids is 1. The van der Waals surface area contributed by atoms with Gasteiger partial charge in [-0.1, -0.05) is 36.4 Å². The van der Waals surface area contributed by atoms with Crippen molar-refractivity contribution in [1.29, 1.82) is 0 Å². The summed E-state index contributed by atoms with van der Waals surface area (Å²) in [7, 11) is -2.73. The minimum absolute atomic E-state index is 0.0318. The number of amides is 1. The Morgan fingerprint density at radius 3 is 2.61 bits per heavy atom. The Hall–Kier alpha value is -4.46. The predicted molar refractivity (Wildman–Crippen MR) is 161 cm³/mol. The predicted octanol–water partition coefficient (Wildman–Crippen LogP) is 5.10. The molecule has 236 valence electrons. The summed E-state index contributed by atoms with van der Waals surface area (Å²) in [5.41, 5.74) is 2.40. The molecule has 0 spiro atoms. The molecule has 1 aromatic heterocycles. The first-order valence-corrected chi connectivity index (χ1v) is 15.2. The minimum atomic E-state index is -4.22. The van der Waals surface area contributed by atoms with Gasteiger partial charge in [0.2, 0.25) is 11.8 Å². The lowest BCUT2D eigenvalue weighted by atomic mass is 10.1. The van der Waals surface area contributed by atoms with Crippen LogP contribution in [0.2, 0.25) is 0 Å². The van der Waals surface area contributed by atoms with Crippen LogP contribution in [-0.4, -0.2) is 49.8 Å². The number of allylic oxidation sites excluding steroid dienone is 3. The largest absolute Gasteiger partial charge is 0.497 e. The molecule has 0 bridgehead atoms. The molecule has 1 amide bonds. The van der Waals surface area contributed by atoms with Crippen LogP contribution < -0.4 is 20.1 Å². The van der Waals surface area contributed by atoms with Crippen molar-refractivity contribution >= 4 is 32.7 Å². The minimum Gasteiger partial charge on any atom is -0.497 e. The molecule has 14 heteroatoms. The highest BCUT2D eigenvalue weighted by atomic mass is 32.2. The molecule has 1 aliphatic heterocycles. The van der Waals surface area contributed by atoms with E-state index in [4.69, 9.17) is 9.47 Å². The highest BCUT2D eigenvalue weighted by Gasteiger charge is 2.26. The first-order chi connectivity index (χ1) is 20.9. The Balaban J connectivity index is 0.000000818. The Labute approximate surface area is 253 Å². The standard InChI is InChI=1S/C27H28FN5O5S.C3H6F2/c1-37-23-10-5-9-22-25(23)26(32-39(35,36)24-11-3-2-8-20(24)28)31-33(22)16-19-7-4-6-18(14-19)15-30-27(34)21-17-38-13-12-29-21;1-3(2,4)5/h3-7,9-14,21,29H,2,8,15-17H2,1H3,(H,30,34)(H,31,32);1-2H3/t21-;/m1./s1. The third kappa shape index (κ3) is 8.56. The van der Waals surface area contributed by atoms with Gasteiger partial charge in [-0.05, 0) is 49.6 Å². The van der Waals surface area contributed by atoms with Crippen LogP contribution in [0.15, 0.2) is 77.8 Å². The van der Waals surface area contributed by atoms with E-state index in [1.54, 1.807) is 35.2 Å². The van der Waals surface area contributed by atoms with Gasteiger partial charge in [0.1, 0.15) is 29.1 Å². The number of ether oxygens (including phenoxy) is 2. The summed E-state index contributed by atoms with van der Waals surface area (Å²) in [4.78, 5) is 12.0. The molecule has 3 aromatic rings. The zero-order valence-corrected chi connectivity index (χ0v) is 25.3. The van der Waals surface area contributed by atoms with E-state index < -0.39 is 32.7 Å². The summed E-state index contributed by atoms with van der Waals surface area (Å²) < 4.78 is 77.3. The monoisotopic (exact) mass is 633 g/mol. The zero-order chi connectivity index (χ0) is 31.9. The molecule has 2 heterocycles. The molecule has 5 rings (SSSR count). The van der Waals surface area contributed by atoms with Crippen LogP contribution in [0.5, 0.6) is 5.75 Å². The van der Waals surface area contributed by atoms with Gasteiger partial charge in [-0.25, -0.2) is 21.6 Å². The first-order valence-electron chi connectivity index (χ1n) is 13.7. The number of hydrogen-bond donors (Lipinski definition) is 3. The number of benzene rings is 2. The van der Waals surface area contributed by atoms with E-state index in [0.29, 0.717) is 36.2 Å². The second-order valence-corrected chi connectivity index (χ2v) is 12.0. The van der Waals surface area contributed by atoms with Crippen molar-refractivity contribution < 1.29 is 35.9 Å². The summed E-state index contributed by atoms with van der Waals surface area (Å²) in [6.45, 7) is 2.60. The fourth-order valence-corrected chi connectivity index (χ4v) is 5.65. The number of methoxy groups -OCH3 is 1. The second kappa shape index (κ2) is 13.9. The molecule has 0 fully saturated rings. The molecule has 0 saturated heterocycles. The van der Waals surface area contributed by atoms with E-state index in [1.165, 1.54) is 19.4 Å². The number of nitrogens with zero attached hydrogens (tertiary/aromatic N) is 2. The molecular weight excluding hydrogens is 599 g/mol. The number of fused-ring (bicyclic) bond motifs is 1. The maximum Gasteiger partial charge on any atom is 0.265 e. The van der Waals surface area contributed by atoms with Crippen molar-refractivity contribution in [3.05, 3.63) is 88.9 Å². The van der Waals surface area contributed by atoms with Crippen LogP contribution in [0.25, 0.3) is 10.9 Å². The van der Waals surface area contributed by atoms with Gasteiger partial charge in [0.15, 0.2) is 5.82 Å². The fraction of sp³-hybridized carbons (Fsp3) is 0.333. The SMILES string of the molecule is CC(C)(F)F.COc1cccc2c1c(NS(=O)(=O)C1=C(F)CCC=C1)nn2Cc1cccc(CNC(=O)[C@H]2COC=CN2)c1. The summed E-state index contributed by atoms with van der Waals surface area (Å²) in [6, 6.07) is 12.5. The number of sulfonamides is 1. The highest BCUT2D eigenvalue weighted by Crippen LogP contribution is 2.34. The highest BCUT2D eigenvalue weighted by molar-refractivity contribution is 7.96. The second-order valence-electron chi connectivity index (χ2n) is 10.4. The van der Waals surface area contributed by atoms with Crippen LogP contribution >= 0.6 is 0 Å². The number of aromatic nitrogens is 2. The van der Waals surface area contributed by atoms with Crippen LogP contribution in [0.1, 0.15) is 37.8 Å². The molecule has 3 N–H and O–H groups in total. The van der Waals surface area contributed by atoms with Gasteiger partial charge in [-0.3, -0.25) is 14.2 Å². The van der Waals surface area contributed by atoms with Gasteiger partial charge in [0.05, 0.1) is 30.8 Å². The van der Waals surface area contributed by atoms with E-state index >= 15 is 0 Å². The normalized spacial score (nSPS) is 16.5. The molecule has 1 aliphatic carbocycles. The number of rotatable bonds is 9. The molecule has 10 nitrogen and oxygen atoms in total. The third-order valence-corrected chi connectivity index (χ3v) is 7.78. The lowest BCUT2D eigenvalue weighted by Crippen LogP contribution is -2.46. The number of alkyl halides is 2. The fourth-order valence-electron chi connectivity index (χ4n) is 4.47. The van der Waals surface area contributed by atoms with Gasteiger partial charge in [-0.2, -0.15) is 5.10 Å². The Kier molecular flexibility index (Phi) is 10.2. The van der Waals surface area contributed by atoms with Gasteiger partial charge in [-0.15, -0.1) is 0 Å². The van der Waals surface area contributed by atoms with Crippen molar-refractivity contribution in [1.82, 2.24) is 20.4 Å². The van der Waals surface area contributed by atoms with E-state index in [9.17, 15) is 26.4 Å². The van der Waals surface area contributed by atoms with Gasteiger partial charge >= 0.3 is 0 Å². The maximum absolute atomic E-state index is 14.4. The number of halogens is 3. The average molecular weight is 634 g/mol. The zero-order valence-electron chi connectivity index (χ0n) is 24.4. The molecule has 2 aliphatic rings. The molecule has 0 radical (unpaired) electrons. The molecule has 2 aromatic carbocycles. The van der Waals surface area contributed by atoms with Gasteiger partial charge in [0.25, 0.3) is 10.0 Å². The number of carbonyl (C=O) groups is 1. The summed E-state index contributed by atoms with van der Waals surface area (Å²) in [5.74, 6) is -2.89. The molecule has 44 heavy (non-hydrogen) atoms. The summed E-state index contributed by atoms with van der Waals surface area (Å²) in [6.07, 6.45) is 6.47. The number of hydrogen-bond acceptors (Lipinski definition) is 7.